The van der Waals surface area contributed by atoms with Gasteiger partial charge in [0.1, 0.15) is 5.76 Å². The molecule has 0 saturated heterocycles. The molecule has 0 unspecified atom stereocenters. The molecule has 0 aliphatic carbocycles. The lowest BCUT2D eigenvalue weighted by Gasteiger charge is -2.11. The maximum atomic E-state index is 13.1. The Hall–Kier alpha value is -3.29. The Morgan fingerprint density at radius 1 is 1.03 bits per heavy atom. The molecule has 0 aliphatic rings. The molecule has 0 atom stereocenters. The third-order valence-electron chi connectivity index (χ3n) is 4.73. The summed E-state index contributed by atoms with van der Waals surface area (Å²) in [6.45, 7) is 0.299. The lowest BCUT2D eigenvalue weighted by molar-refractivity contribution is 0.476. The number of nitrogens with zero attached hydrogens (tertiary/aromatic N) is 3. The molecule has 3 aromatic heterocycles. The van der Waals surface area contributed by atoms with Gasteiger partial charge in [0.05, 0.1) is 35.7 Å². The maximum absolute atomic E-state index is 13.1. The second-order valence-corrected chi connectivity index (χ2v) is 8.17. The molecule has 154 valence electrons. The van der Waals surface area contributed by atoms with Crippen molar-refractivity contribution in [3.05, 3.63) is 100 Å². The van der Waals surface area contributed by atoms with Crippen LogP contribution < -0.4 is 5.56 Å². The van der Waals surface area contributed by atoms with E-state index in [2.05, 4.69) is 4.98 Å². The van der Waals surface area contributed by atoms with Gasteiger partial charge in [-0.3, -0.25) is 9.36 Å². The molecular formula is C23H16ClN3O3S. The van der Waals surface area contributed by atoms with Gasteiger partial charge in [-0.1, -0.05) is 35.5 Å². The van der Waals surface area contributed by atoms with Crippen molar-refractivity contribution in [2.24, 2.45) is 0 Å². The van der Waals surface area contributed by atoms with Crippen molar-refractivity contribution in [3.63, 3.8) is 0 Å². The van der Waals surface area contributed by atoms with Crippen LogP contribution in [0.3, 0.4) is 0 Å². The fourth-order valence-electron chi connectivity index (χ4n) is 3.21. The van der Waals surface area contributed by atoms with E-state index in [1.54, 1.807) is 41.3 Å². The number of halogens is 1. The fraction of sp³-hybridized carbons (Fsp3) is 0.0870. The van der Waals surface area contributed by atoms with Crippen molar-refractivity contribution in [2.45, 2.75) is 17.5 Å². The molecule has 5 aromatic rings. The van der Waals surface area contributed by atoms with Crippen LogP contribution in [0.2, 0.25) is 5.02 Å². The molecule has 6 nitrogen and oxygen atoms in total. The number of rotatable bonds is 6. The van der Waals surface area contributed by atoms with Crippen LogP contribution in [0.5, 0.6) is 0 Å². The summed E-state index contributed by atoms with van der Waals surface area (Å²) >= 11 is 7.35. The van der Waals surface area contributed by atoms with Gasteiger partial charge in [0, 0.05) is 10.6 Å². The van der Waals surface area contributed by atoms with Gasteiger partial charge in [-0.15, -0.1) is 0 Å². The van der Waals surface area contributed by atoms with E-state index in [1.807, 2.05) is 36.4 Å². The summed E-state index contributed by atoms with van der Waals surface area (Å²) < 4.78 is 13.0. The highest BCUT2D eigenvalue weighted by Crippen LogP contribution is 2.26. The summed E-state index contributed by atoms with van der Waals surface area (Å²) in [5, 5.41) is 1.81. The molecule has 0 bridgehead atoms. The van der Waals surface area contributed by atoms with Crippen LogP contribution in [0.25, 0.3) is 22.2 Å². The fourth-order valence-corrected chi connectivity index (χ4v) is 4.18. The SMILES string of the molecule is O=c1c2ccccc2nc(SCc2ncc(-c3ccc(Cl)cc3)o2)n1Cc1ccco1. The molecule has 0 fully saturated rings. The third kappa shape index (κ3) is 4.15. The zero-order valence-electron chi connectivity index (χ0n) is 16.2. The van der Waals surface area contributed by atoms with E-state index in [4.69, 9.17) is 25.4 Å². The number of aromatic nitrogens is 3. The van der Waals surface area contributed by atoms with Crippen LogP contribution in [0, 0.1) is 0 Å². The van der Waals surface area contributed by atoms with Crippen molar-refractivity contribution in [2.75, 3.05) is 0 Å². The molecule has 0 saturated carbocycles. The van der Waals surface area contributed by atoms with Crippen LogP contribution in [0.15, 0.2) is 91.9 Å². The Labute approximate surface area is 186 Å². The van der Waals surface area contributed by atoms with Crippen LogP contribution in [-0.4, -0.2) is 14.5 Å². The van der Waals surface area contributed by atoms with E-state index < -0.39 is 0 Å². The zero-order chi connectivity index (χ0) is 21.2. The van der Waals surface area contributed by atoms with Crippen molar-refractivity contribution in [3.8, 4) is 11.3 Å². The number of hydrogen-bond donors (Lipinski definition) is 0. The van der Waals surface area contributed by atoms with Crippen molar-refractivity contribution < 1.29 is 8.83 Å². The highest BCUT2D eigenvalue weighted by molar-refractivity contribution is 7.98. The first kappa shape index (κ1) is 19.7. The molecule has 0 radical (unpaired) electrons. The molecule has 0 amide bonds. The van der Waals surface area contributed by atoms with E-state index >= 15 is 0 Å². The summed E-state index contributed by atoms with van der Waals surface area (Å²) in [6.07, 6.45) is 3.27. The third-order valence-corrected chi connectivity index (χ3v) is 5.94. The number of furan rings is 1. The normalized spacial score (nSPS) is 11.3. The first-order valence-corrected chi connectivity index (χ1v) is 10.9. The van der Waals surface area contributed by atoms with Crippen LogP contribution in [-0.2, 0) is 12.3 Å². The highest BCUT2D eigenvalue weighted by atomic mass is 35.5. The average Bonchev–Trinajstić information content (AvgIpc) is 3.47. The quantitative estimate of drug-likeness (QED) is 0.247. The molecule has 31 heavy (non-hydrogen) atoms. The molecule has 2 aromatic carbocycles. The number of benzene rings is 2. The lowest BCUT2D eigenvalue weighted by Crippen LogP contribution is -2.23. The second-order valence-electron chi connectivity index (χ2n) is 6.80. The second kappa shape index (κ2) is 8.45. The van der Waals surface area contributed by atoms with Gasteiger partial charge < -0.3 is 8.83 Å². The summed E-state index contributed by atoms with van der Waals surface area (Å²) in [4.78, 5) is 22.2. The minimum Gasteiger partial charge on any atom is -0.467 e. The molecule has 5 rings (SSSR count). The lowest BCUT2D eigenvalue weighted by atomic mass is 10.2. The monoisotopic (exact) mass is 449 g/mol. The first-order chi connectivity index (χ1) is 15.2. The predicted octanol–water partition coefficient (Wildman–Crippen LogP) is 5.64. The van der Waals surface area contributed by atoms with E-state index in [0.29, 0.717) is 50.8 Å². The predicted molar refractivity (Wildman–Crippen MR) is 120 cm³/mol. The Kier molecular flexibility index (Phi) is 5.36. The molecule has 3 heterocycles. The number of hydrogen-bond acceptors (Lipinski definition) is 6. The standard InChI is InChI=1S/C23H16ClN3O3S/c24-16-9-7-15(8-10-16)20-12-25-21(30-20)14-31-23-26-19-6-2-1-5-18(19)22(28)27(23)13-17-4-3-11-29-17/h1-12H,13-14H2. The molecule has 0 aliphatic heterocycles. The molecule has 0 N–H and O–H groups in total. The van der Waals surface area contributed by atoms with Gasteiger partial charge in [0.2, 0.25) is 5.89 Å². The minimum absolute atomic E-state index is 0.112. The Morgan fingerprint density at radius 3 is 2.68 bits per heavy atom. The number of thioether (sulfide) groups is 1. The minimum atomic E-state index is -0.112. The zero-order valence-corrected chi connectivity index (χ0v) is 17.8. The van der Waals surface area contributed by atoms with Gasteiger partial charge in [0.25, 0.3) is 5.56 Å². The first-order valence-electron chi connectivity index (χ1n) is 9.53. The van der Waals surface area contributed by atoms with E-state index in [0.717, 1.165) is 5.56 Å². The van der Waals surface area contributed by atoms with E-state index in [-0.39, 0.29) is 5.56 Å². The van der Waals surface area contributed by atoms with Crippen molar-refractivity contribution in [1.82, 2.24) is 14.5 Å². The Bertz CT molecular complexity index is 1390. The van der Waals surface area contributed by atoms with Gasteiger partial charge in [-0.25, -0.2) is 9.97 Å². The van der Waals surface area contributed by atoms with Crippen molar-refractivity contribution >= 4 is 34.3 Å². The van der Waals surface area contributed by atoms with Crippen LogP contribution in [0.1, 0.15) is 11.7 Å². The average molecular weight is 450 g/mol. The maximum Gasteiger partial charge on any atom is 0.262 e. The van der Waals surface area contributed by atoms with Gasteiger partial charge >= 0.3 is 0 Å². The number of para-hydroxylation sites is 1. The summed E-state index contributed by atoms with van der Waals surface area (Å²) in [7, 11) is 0. The number of fused-ring (bicyclic) bond motifs is 1. The molecule has 8 heteroatoms. The largest absolute Gasteiger partial charge is 0.467 e. The van der Waals surface area contributed by atoms with Crippen LogP contribution in [0.4, 0.5) is 0 Å². The highest BCUT2D eigenvalue weighted by Gasteiger charge is 2.15. The van der Waals surface area contributed by atoms with Gasteiger partial charge in [-0.2, -0.15) is 0 Å². The summed E-state index contributed by atoms with van der Waals surface area (Å²) in [6, 6.07) is 18.3. The van der Waals surface area contributed by atoms with E-state index in [1.165, 1.54) is 11.8 Å². The summed E-state index contributed by atoms with van der Waals surface area (Å²) in [5.41, 5.74) is 1.44. The Balaban J connectivity index is 1.44. The molecule has 0 spiro atoms. The van der Waals surface area contributed by atoms with Gasteiger partial charge in [0.15, 0.2) is 10.9 Å². The topological polar surface area (TPSA) is 74.1 Å². The van der Waals surface area contributed by atoms with Crippen LogP contribution >= 0.6 is 23.4 Å². The van der Waals surface area contributed by atoms with Gasteiger partial charge in [-0.05, 0) is 48.5 Å². The summed E-state index contributed by atoms with van der Waals surface area (Å²) in [5.74, 6) is 2.31. The number of oxazole rings is 1. The smallest absolute Gasteiger partial charge is 0.262 e. The molecular weight excluding hydrogens is 434 g/mol. The van der Waals surface area contributed by atoms with Crippen molar-refractivity contribution in [1.29, 1.82) is 0 Å². The Morgan fingerprint density at radius 2 is 1.87 bits per heavy atom. The van der Waals surface area contributed by atoms with E-state index in [9.17, 15) is 4.79 Å².